The molecule has 1 aromatic heterocycles. The molecule has 10 heteroatoms. The maximum atomic E-state index is 12.1. The van der Waals surface area contributed by atoms with Gasteiger partial charge in [0.25, 0.3) is 5.88 Å². The lowest BCUT2D eigenvalue weighted by Gasteiger charge is -2.25. The zero-order valence-corrected chi connectivity index (χ0v) is 14.4. The number of anilines is 1. The van der Waals surface area contributed by atoms with Crippen molar-refractivity contribution in [1.82, 2.24) is 14.3 Å². The maximum absolute atomic E-state index is 12.1. The van der Waals surface area contributed by atoms with Crippen molar-refractivity contribution in [3.8, 4) is 5.88 Å². The molecule has 3 heterocycles. The number of aliphatic carboxylic acids is 1. The molecule has 0 radical (unpaired) electrons. The van der Waals surface area contributed by atoms with Gasteiger partial charge in [-0.1, -0.05) is 0 Å². The van der Waals surface area contributed by atoms with E-state index in [9.17, 15) is 18.3 Å². The Balaban J connectivity index is 1.91. The minimum Gasteiger partial charge on any atom is -0.481 e. The molecule has 1 N–H and O–H groups in total. The number of aromatic nitrogens is 2. The minimum absolute atomic E-state index is 0.0117. The van der Waals surface area contributed by atoms with Crippen LogP contribution in [0.4, 0.5) is 5.82 Å². The number of carboxylic acid groups (broad SMARTS) is 1. The number of rotatable bonds is 5. The van der Waals surface area contributed by atoms with Crippen LogP contribution in [0.15, 0.2) is 12.4 Å². The Kier molecular flexibility index (Phi) is 4.12. The first-order valence-corrected chi connectivity index (χ1v) is 9.26. The molecule has 2 saturated heterocycles. The molecule has 0 aliphatic carbocycles. The fourth-order valence-corrected chi connectivity index (χ4v) is 4.76. The number of ether oxygens (including phenoxy) is 1. The molecular formula is C14H20N4O5S. The van der Waals surface area contributed by atoms with Crippen molar-refractivity contribution in [2.45, 2.75) is 6.92 Å². The second-order valence-corrected chi connectivity index (χ2v) is 8.38. The third-order valence-corrected chi connectivity index (χ3v) is 6.70. The number of hydrogen-bond donors (Lipinski definition) is 1. The van der Waals surface area contributed by atoms with E-state index in [4.69, 9.17) is 4.74 Å². The Labute approximate surface area is 140 Å². The zero-order valence-electron chi connectivity index (χ0n) is 13.5. The predicted molar refractivity (Wildman–Crippen MR) is 85.4 cm³/mol. The number of carboxylic acids is 1. The Hall–Kier alpha value is -1.94. The van der Waals surface area contributed by atoms with Crippen molar-refractivity contribution in [3.63, 3.8) is 0 Å². The second-order valence-electron chi connectivity index (χ2n) is 6.12. The van der Waals surface area contributed by atoms with Gasteiger partial charge in [0.2, 0.25) is 10.0 Å². The van der Waals surface area contributed by atoms with E-state index in [1.807, 2.05) is 4.90 Å². The van der Waals surface area contributed by atoms with Gasteiger partial charge in [-0.3, -0.25) is 4.79 Å². The average Bonchev–Trinajstić information content (AvgIpc) is 3.10. The van der Waals surface area contributed by atoms with Crippen LogP contribution in [-0.4, -0.2) is 72.8 Å². The highest BCUT2D eigenvalue weighted by molar-refractivity contribution is 7.89. The molecule has 132 valence electrons. The highest BCUT2D eigenvalue weighted by atomic mass is 32.2. The standard InChI is InChI=1S/C14H20N4O5S/c1-3-24(21,22)18-7-10-6-17(8-14(10,9-18)13(19)20)11-12(23-2)16-5-4-15-11/h4-5,10H,3,6-9H2,1-2H3,(H,19,20)/t10-,14-/m1/s1. The van der Waals surface area contributed by atoms with Gasteiger partial charge in [0.15, 0.2) is 5.82 Å². The third kappa shape index (κ3) is 2.49. The van der Waals surface area contributed by atoms with Gasteiger partial charge in [0.1, 0.15) is 5.41 Å². The summed E-state index contributed by atoms with van der Waals surface area (Å²) in [6.07, 6.45) is 3.02. The van der Waals surface area contributed by atoms with E-state index >= 15 is 0 Å². The van der Waals surface area contributed by atoms with Crippen molar-refractivity contribution in [2.24, 2.45) is 11.3 Å². The van der Waals surface area contributed by atoms with Gasteiger partial charge in [-0.15, -0.1) is 0 Å². The molecule has 1 aromatic rings. The van der Waals surface area contributed by atoms with Gasteiger partial charge in [-0.05, 0) is 6.92 Å². The molecule has 2 atom stereocenters. The topological polar surface area (TPSA) is 113 Å². The van der Waals surface area contributed by atoms with Crippen molar-refractivity contribution < 1.29 is 23.1 Å². The molecule has 0 amide bonds. The molecule has 9 nitrogen and oxygen atoms in total. The summed E-state index contributed by atoms with van der Waals surface area (Å²) < 4.78 is 30.8. The van der Waals surface area contributed by atoms with E-state index in [1.54, 1.807) is 6.92 Å². The summed E-state index contributed by atoms with van der Waals surface area (Å²) in [5.41, 5.74) is -1.13. The van der Waals surface area contributed by atoms with Gasteiger partial charge in [0, 0.05) is 44.5 Å². The van der Waals surface area contributed by atoms with Crippen LogP contribution in [0.3, 0.4) is 0 Å². The van der Waals surface area contributed by atoms with Crippen molar-refractivity contribution in [1.29, 1.82) is 0 Å². The van der Waals surface area contributed by atoms with Crippen LogP contribution in [0.25, 0.3) is 0 Å². The molecule has 0 saturated carbocycles. The summed E-state index contributed by atoms with van der Waals surface area (Å²) in [5, 5.41) is 9.81. The number of nitrogens with zero attached hydrogens (tertiary/aromatic N) is 4. The van der Waals surface area contributed by atoms with E-state index < -0.39 is 21.4 Å². The van der Waals surface area contributed by atoms with E-state index in [1.165, 1.54) is 23.8 Å². The number of sulfonamides is 1. The fourth-order valence-electron chi connectivity index (χ4n) is 3.56. The van der Waals surface area contributed by atoms with Crippen LogP contribution < -0.4 is 9.64 Å². The lowest BCUT2D eigenvalue weighted by Crippen LogP contribution is -2.42. The summed E-state index contributed by atoms with van der Waals surface area (Å²) in [5.74, 6) is -0.498. The molecule has 0 unspecified atom stereocenters. The molecule has 2 aliphatic heterocycles. The first-order chi connectivity index (χ1) is 11.3. The van der Waals surface area contributed by atoms with Gasteiger partial charge in [0.05, 0.1) is 12.9 Å². The highest BCUT2D eigenvalue weighted by Gasteiger charge is 2.60. The van der Waals surface area contributed by atoms with E-state index in [0.717, 1.165) is 0 Å². The number of carbonyl (C=O) groups is 1. The molecule has 0 aromatic carbocycles. The SMILES string of the molecule is CCS(=O)(=O)N1C[C@H]2CN(c3nccnc3OC)C[C@@]2(C(=O)O)C1. The minimum atomic E-state index is -3.41. The molecule has 24 heavy (non-hydrogen) atoms. The summed E-state index contributed by atoms with van der Waals surface area (Å²) >= 11 is 0. The quantitative estimate of drug-likeness (QED) is 0.762. The van der Waals surface area contributed by atoms with Crippen LogP contribution in [0, 0.1) is 11.3 Å². The fraction of sp³-hybridized carbons (Fsp3) is 0.643. The second kappa shape index (κ2) is 5.85. The summed E-state index contributed by atoms with van der Waals surface area (Å²) in [6.45, 7) is 2.34. The Morgan fingerprint density at radius 3 is 2.67 bits per heavy atom. The smallest absolute Gasteiger partial charge is 0.313 e. The van der Waals surface area contributed by atoms with Crippen LogP contribution in [0.2, 0.25) is 0 Å². The van der Waals surface area contributed by atoms with Crippen LogP contribution in [0.1, 0.15) is 6.92 Å². The monoisotopic (exact) mass is 356 g/mol. The molecular weight excluding hydrogens is 336 g/mol. The van der Waals surface area contributed by atoms with E-state index in [0.29, 0.717) is 18.2 Å². The normalized spacial score (nSPS) is 27.2. The molecule has 2 fully saturated rings. The number of hydrogen-bond acceptors (Lipinski definition) is 7. The van der Waals surface area contributed by atoms with Crippen molar-refractivity contribution >= 4 is 21.8 Å². The van der Waals surface area contributed by atoms with E-state index in [2.05, 4.69) is 9.97 Å². The predicted octanol–water partition coefficient (Wildman–Crippen LogP) is -0.342. The van der Waals surface area contributed by atoms with Gasteiger partial charge < -0.3 is 14.7 Å². The Morgan fingerprint density at radius 1 is 1.38 bits per heavy atom. The lowest BCUT2D eigenvalue weighted by molar-refractivity contribution is -0.148. The van der Waals surface area contributed by atoms with Gasteiger partial charge >= 0.3 is 5.97 Å². The summed E-state index contributed by atoms with van der Waals surface area (Å²) in [4.78, 5) is 22.1. The van der Waals surface area contributed by atoms with E-state index in [-0.39, 0.29) is 31.3 Å². The first-order valence-electron chi connectivity index (χ1n) is 7.65. The van der Waals surface area contributed by atoms with Crippen molar-refractivity contribution in [2.75, 3.05) is 43.9 Å². The summed E-state index contributed by atoms with van der Waals surface area (Å²) in [6, 6.07) is 0. The zero-order chi connectivity index (χ0) is 17.5. The lowest BCUT2D eigenvalue weighted by atomic mass is 9.81. The molecule has 2 aliphatic rings. The third-order valence-electron chi connectivity index (χ3n) is 4.90. The molecule has 3 rings (SSSR count). The highest BCUT2D eigenvalue weighted by Crippen LogP contribution is 2.45. The van der Waals surface area contributed by atoms with Crippen LogP contribution in [-0.2, 0) is 14.8 Å². The summed E-state index contributed by atoms with van der Waals surface area (Å²) in [7, 11) is -1.93. The van der Waals surface area contributed by atoms with Crippen molar-refractivity contribution in [3.05, 3.63) is 12.4 Å². The van der Waals surface area contributed by atoms with Crippen LogP contribution in [0.5, 0.6) is 5.88 Å². The first kappa shape index (κ1) is 16.9. The maximum Gasteiger partial charge on any atom is 0.313 e. The molecule has 0 bridgehead atoms. The Bertz CT molecular complexity index is 755. The van der Waals surface area contributed by atoms with Gasteiger partial charge in [-0.25, -0.2) is 22.7 Å². The molecule has 0 spiro atoms. The van der Waals surface area contributed by atoms with Crippen LogP contribution >= 0.6 is 0 Å². The largest absolute Gasteiger partial charge is 0.481 e. The number of methoxy groups -OCH3 is 1. The Morgan fingerprint density at radius 2 is 2.08 bits per heavy atom. The van der Waals surface area contributed by atoms with Gasteiger partial charge in [-0.2, -0.15) is 0 Å². The number of fused-ring (bicyclic) bond motifs is 1. The average molecular weight is 356 g/mol.